The van der Waals surface area contributed by atoms with Crippen LogP contribution < -0.4 is 9.47 Å². The Bertz CT molecular complexity index is 482. The number of hydrogen-bond acceptors (Lipinski definition) is 6. The first-order valence-corrected chi connectivity index (χ1v) is 5.80. The molecule has 0 aromatic carbocycles. The van der Waals surface area contributed by atoms with Crippen molar-refractivity contribution < 1.29 is 19.0 Å². The van der Waals surface area contributed by atoms with Gasteiger partial charge in [-0.1, -0.05) is 0 Å². The topological polar surface area (TPSA) is 81.4 Å². The molecular formula is C13H16N2O4. The van der Waals surface area contributed by atoms with Crippen LogP contribution in [-0.4, -0.2) is 31.8 Å². The second kappa shape index (κ2) is 7.21. The zero-order chi connectivity index (χ0) is 14.3. The molecule has 1 aromatic rings. The van der Waals surface area contributed by atoms with Crippen molar-refractivity contribution in [3.63, 3.8) is 0 Å². The molecule has 0 fully saturated rings. The second-order valence-electron chi connectivity index (χ2n) is 3.63. The molecule has 1 aromatic heterocycles. The molecule has 0 bridgehead atoms. The second-order valence-corrected chi connectivity index (χ2v) is 3.63. The van der Waals surface area contributed by atoms with Gasteiger partial charge in [0.05, 0.1) is 32.6 Å². The van der Waals surface area contributed by atoms with Crippen molar-refractivity contribution in [2.24, 2.45) is 5.92 Å². The first-order valence-electron chi connectivity index (χ1n) is 5.80. The van der Waals surface area contributed by atoms with Gasteiger partial charge in [-0.3, -0.25) is 9.78 Å². The van der Waals surface area contributed by atoms with E-state index in [0.717, 1.165) is 0 Å². The molecule has 0 amide bonds. The lowest BCUT2D eigenvalue weighted by molar-refractivity contribution is -0.146. The Balaban J connectivity index is 2.98. The van der Waals surface area contributed by atoms with Gasteiger partial charge in [0.2, 0.25) is 0 Å². The summed E-state index contributed by atoms with van der Waals surface area (Å²) >= 11 is 0. The molecule has 1 atom stereocenters. The standard InChI is InChI=1S/C13H16N2O4/c1-4-19-13(16)9(8-14)7-10-12(18-3)11(17-2)5-6-15-10/h5-6,9H,4,7H2,1-3H3. The number of rotatable bonds is 6. The Labute approximate surface area is 111 Å². The Morgan fingerprint density at radius 1 is 1.47 bits per heavy atom. The summed E-state index contributed by atoms with van der Waals surface area (Å²) in [6, 6.07) is 3.56. The van der Waals surface area contributed by atoms with Crippen LogP contribution in [0.3, 0.4) is 0 Å². The van der Waals surface area contributed by atoms with E-state index in [1.165, 1.54) is 20.4 Å². The quantitative estimate of drug-likeness (QED) is 0.721. The molecule has 6 nitrogen and oxygen atoms in total. The molecule has 1 unspecified atom stereocenters. The van der Waals surface area contributed by atoms with Gasteiger partial charge in [0, 0.05) is 18.7 Å². The lowest BCUT2D eigenvalue weighted by Crippen LogP contribution is -2.19. The van der Waals surface area contributed by atoms with Crippen molar-refractivity contribution in [3.05, 3.63) is 18.0 Å². The van der Waals surface area contributed by atoms with E-state index in [1.54, 1.807) is 13.0 Å². The third-order valence-corrected chi connectivity index (χ3v) is 2.49. The highest BCUT2D eigenvalue weighted by Gasteiger charge is 2.23. The van der Waals surface area contributed by atoms with Crippen LogP contribution >= 0.6 is 0 Å². The molecule has 6 heteroatoms. The van der Waals surface area contributed by atoms with Gasteiger partial charge in [0.1, 0.15) is 5.92 Å². The Morgan fingerprint density at radius 2 is 2.21 bits per heavy atom. The van der Waals surface area contributed by atoms with Gasteiger partial charge in [0.25, 0.3) is 0 Å². The number of hydrogen-bond donors (Lipinski definition) is 0. The third-order valence-electron chi connectivity index (χ3n) is 2.49. The summed E-state index contributed by atoms with van der Waals surface area (Å²) in [5.74, 6) is -0.535. The number of carbonyl (C=O) groups excluding carboxylic acids is 1. The first kappa shape index (κ1) is 14.8. The van der Waals surface area contributed by atoms with Gasteiger partial charge < -0.3 is 14.2 Å². The lowest BCUT2D eigenvalue weighted by Gasteiger charge is -2.13. The van der Waals surface area contributed by atoms with Crippen LogP contribution in [0, 0.1) is 17.2 Å². The van der Waals surface area contributed by atoms with E-state index in [0.29, 0.717) is 17.2 Å². The molecule has 102 valence electrons. The largest absolute Gasteiger partial charge is 0.493 e. The predicted molar refractivity (Wildman–Crippen MR) is 66.8 cm³/mol. The van der Waals surface area contributed by atoms with Gasteiger partial charge in [0.15, 0.2) is 11.5 Å². The first-order chi connectivity index (χ1) is 9.17. The van der Waals surface area contributed by atoms with Gasteiger partial charge in [-0.25, -0.2) is 0 Å². The Kier molecular flexibility index (Phi) is 5.61. The number of aromatic nitrogens is 1. The smallest absolute Gasteiger partial charge is 0.323 e. The molecule has 0 aliphatic heterocycles. The fraction of sp³-hybridized carbons (Fsp3) is 0.462. The van der Waals surface area contributed by atoms with Crippen LogP contribution in [0.15, 0.2) is 12.3 Å². The van der Waals surface area contributed by atoms with E-state index in [-0.39, 0.29) is 13.0 Å². The SMILES string of the molecule is CCOC(=O)C(C#N)Cc1nccc(OC)c1OC. The molecular weight excluding hydrogens is 248 g/mol. The summed E-state index contributed by atoms with van der Waals surface area (Å²) in [6.45, 7) is 1.93. The molecule has 0 radical (unpaired) electrons. The van der Waals surface area contributed by atoms with Crippen molar-refractivity contribution in [1.82, 2.24) is 4.98 Å². The average Bonchev–Trinajstić information content (AvgIpc) is 2.44. The van der Waals surface area contributed by atoms with Crippen molar-refractivity contribution in [1.29, 1.82) is 5.26 Å². The highest BCUT2D eigenvalue weighted by Crippen LogP contribution is 2.30. The minimum atomic E-state index is -0.909. The number of carbonyl (C=O) groups is 1. The Morgan fingerprint density at radius 3 is 2.74 bits per heavy atom. The number of pyridine rings is 1. The van der Waals surface area contributed by atoms with Crippen LogP contribution in [-0.2, 0) is 16.0 Å². The summed E-state index contributed by atoms with van der Waals surface area (Å²) in [7, 11) is 2.99. The molecule has 0 saturated heterocycles. The highest BCUT2D eigenvalue weighted by molar-refractivity contribution is 5.75. The summed E-state index contributed by atoms with van der Waals surface area (Å²) in [4.78, 5) is 15.7. The van der Waals surface area contributed by atoms with E-state index in [9.17, 15) is 4.79 Å². The van der Waals surface area contributed by atoms with E-state index in [2.05, 4.69) is 4.98 Å². The number of nitriles is 1. The minimum absolute atomic E-state index is 0.121. The van der Waals surface area contributed by atoms with Gasteiger partial charge in [-0.05, 0) is 6.92 Å². The third kappa shape index (κ3) is 3.58. The molecule has 0 N–H and O–H groups in total. The maximum atomic E-state index is 11.6. The summed E-state index contributed by atoms with van der Waals surface area (Å²) in [6.07, 6.45) is 1.66. The maximum Gasteiger partial charge on any atom is 0.323 e. The molecule has 0 aliphatic rings. The van der Waals surface area contributed by atoms with Crippen molar-refractivity contribution in [3.8, 4) is 17.6 Å². The summed E-state index contributed by atoms with van der Waals surface area (Å²) in [5, 5.41) is 9.02. The summed E-state index contributed by atoms with van der Waals surface area (Å²) < 4.78 is 15.2. The number of methoxy groups -OCH3 is 2. The maximum absolute atomic E-state index is 11.6. The van der Waals surface area contributed by atoms with Crippen LogP contribution in [0.25, 0.3) is 0 Å². The molecule has 0 spiro atoms. The van der Waals surface area contributed by atoms with Crippen molar-refractivity contribution in [2.75, 3.05) is 20.8 Å². The fourth-order valence-corrected chi connectivity index (χ4v) is 1.61. The van der Waals surface area contributed by atoms with E-state index < -0.39 is 11.9 Å². The van der Waals surface area contributed by atoms with Crippen LogP contribution in [0.2, 0.25) is 0 Å². The van der Waals surface area contributed by atoms with Crippen molar-refractivity contribution in [2.45, 2.75) is 13.3 Å². The number of ether oxygens (including phenoxy) is 3. The van der Waals surface area contributed by atoms with E-state index >= 15 is 0 Å². The summed E-state index contributed by atoms with van der Waals surface area (Å²) in [5.41, 5.74) is 0.487. The normalized spacial score (nSPS) is 11.3. The molecule has 1 heterocycles. The lowest BCUT2D eigenvalue weighted by atomic mass is 10.0. The minimum Gasteiger partial charge on any atom is -0.493 e. The molecule has 0 saturated carbocycles. The van der Waals surface area contributed by atoms with Gasteiger partial charge >= 0.3 is 5.97 Å². The monoisotopic (exact) mass is 264 g/mol. The van der Waals surface area contributed by atoms with Crippen LogP contribution in [0.5, 0.6) is 11.5 Å². The van der Waals surface area contributed by atoms with Gasteiger partial charge in [-0.2, -0.15) is 5.26 Å². The Hall–Kier alpha value is -2.29. The molecule has 19 heavy (non-hydrogen) atoms. The van der Waals surface area contributed by atoms with E-state index in [1.807, 2.05) is 6.07 Å². The fourth-order valence-electron chi connectivity index (χ4n) is 1.61. The van der Waals surface area contributed by atoms with Crippen LogP contribution in [0.1, 0.15) is 12.6 Å². The van der Waals surface area contributed by atoms with Gasteiger partial charge in [-0.15, -0.1) is 0 Å². The zero-order valence-electron chi connectivity index (χ0n) is 11.2. The highest BCUT2D eigenvalue weighted by atomic mass is 16.5. The predicted octanol–water partition coefficient (Wildman–Crippen LogP) is 1.34. The van der Waals surface area contributed by atoms with Crippen LogP contribution in [0.4, 0.5) is 0 Å². The van der Waals surface area contributed by atoms with Crippen molar-refractivity contribution >= 4 is 5.97 Å². The van der Waals surface area contributed by atoms with E-state index in [4.69, 9.17) is 19.5 Å². The zero-order valence-corrected chi connectivity index (χ0v) is 11.2. The number of nitrogens with zero attached hydrogens (tertiary/aromatic N) is 2. The number of esters is 1. The molecule has 0 aliphatic carbocycles. The average molecular weight is 264 g/mol. The molecule has 1 rings (SSSR count).